The molecular weight excluding hydrogens is 407 g/mol. The third-order valence-corrected chi connectivity index (χ3v) is 8.33. The van der Waals surface area contributed by atoms with Crippen molar-refractivity contribution < 1.29 is 4.79 Å². The number of hydrogen-bond donors (Lipinski definition) is 1. The first kappa shape index (κ1) is 18.6. The van der Waals surface area contributed by atoms with Crippen molar-refractivity contribution in [2.45, 2.75) is 41.0 Å². The minimum absolute atomic E-state index is 0.0431. The van der Waals surface area contributed by atoms with Crippen LogP contribution in [-0.2, 0) is 0 Å². The number of piperidine rings is 3. The van der Waals surface area contributed by atoms with Crippen molar-refractivity contribution in [1.82, 2.24) is 10.2 Å². The summed E-state index contributed by atoms with van der Waals surface area (Å²) in [5, 5.41) is 4.39. The Bertz CT molecular complexity index is 816. The van der Waals surface area contributed by atoms with Gasteiger partial charge in [-0.15, -0.1) is 11.3 Å². The number of nitrogens with zero attached hydrogens (tertiary/aromatic N) is 1. The number of benzene rings is 1. The molecule has 1 amide bonds. The molecule has 0 radical (unpaired) electrons. The molecule has 3 saturated heterocycles. The fourth-order valence-electron chi connectivity index (χ4n) is 3.92. The molecule has 0 aliphatic carbocycles. The zero-order chi connectivity index (χ0) is 18.3. The van der Waals surface area contributed by atoms with E-state index in [9.17, 15) is 4.79 Å². The third-order valence-electron chi connectivity index (χ3n) is 5.39. The highest BCUT2D eigenvalue weighted by Crippen LogP contribution is 2.37. The normalized spacial score (nSPS) is 27.5. The lowest BCUT2D eigenvalue weighted by Crippen LogP contribution is -2.62. The second-order valence-corrected chi connectivity index (χ2v) is 10.2. The number of carbonyl (C=O) groups excluding carboxylic acids is 1. The van der Waals surface area contributed by atoms with Crippen LogP contribution < -0.4 is 5.32 Å². The van der Waals surface area contributed by atoms with Crippen molar-refractivity contribution in [3.05, 3.63) is 45.3 Å². The summed E-state index contributed by atoms with van der Waals surface area (Å²) in [7, 11) is 0. The lowest BCUT2D eigenvalue weighted by molar-refractivity contribution is 0.0218. The van der Waals surface area contributed by atoms with E-state index in [1.54, 1.807) is 17.8 Å². The fraction of sp³-hybridized carbons (Fsp3) is 0.421. The van der Waals surface area contributed by atoms with Gasteiger partial charge in [0.25, 0.3) is 5.91 Å². The molecule has 7 heteroatoms. The van der Waals surface area contributed by atoms with Crippen LogP contribution in [0.5, 0.6) is 0 Å². The van der Waals surface area contributed by atoms with Gasteiger partial charge in [0.2, 0.25) is 0 Å². The Labute approximate surface area is 172 Å². The number of rotatable bonds is 4. The van der Waals surface area contributed by atoms with Gasteiger partial charge in [0.1, 0.15) is 0 Å². The second kappa shape index (κ2) is 7.72. The van der Waals surface area contributed by atoms with Gasteiger partial charge < -0.3 is 5.32 Å². The predicted octanol–water partition coefficient (Wildman–Crippen LogP) is 5.42. The highest BCUT2D eigenvalue weighted by molar-refractivity contribution is 8.01. The number of amides is 1. The first-order valence-electron chi connectivity index (χ1n) is 8.79. The molecule has 3 fully saturated rings. The third kappa shape index (κ3) is 3.78. The summed E-state index contributed by atoms with van der Waals surface area (Å²) in [6.07, 6.45) is 2.39. The molecule has 4 heterocycles. The van der Waals surface area contributed by atoms with Gasteiger partial charge in [-0.3, -0.25) is 9.69 Å². The smallest absolute Gasteiger partial charge is 0.261 e. The molecule has 0 saturated carbocycles. The van der Waals surface area contributed by atoms with E-state index in [2.05, 4.69) is 17.1 Å². The van der Waals surface area contributed by atoms with Crippen molar-refractivity contribution in [2.75, 3.05) is 13.1 Å². The topological polar surface area (TPSA) is 32.3 Å². The van der Waals surface area contributed by atoms with E-state index in [0.717, 1.165) is 14.0 Å². The molecule has 2 atom stereocenters. The van der Waals surface area contributed by atoms with Crippen molar-refractivity contribution in [2.24, 2.45) is 5.92 Å². The van der Waals surface area contributed by atoms with E-state index in [0.29, 0.717) is 22.0 Å². The predicted molar refractivity (Wildman–Crippen MR) is 110 cm³/mol. The number of halogens is 2. The molecule has 138 valence electrons. The maximum absolute atomic E-state index is 12.7. The van der Waals surface area contributed by atoms with Crippen LogP contribution in [0.2, 0.25) is 10.0 Å². The van der Waals surface area contributed by atoms with Crippen LogP contribution in [0.1, 0.15) is 29.4 Å². The fourth-order valence-corrected chi connectivity index (χ4v) is 6.33. The Morgan fingerprint density at radius 1 is 1.19 bits per heavy atom. The van der Waals surface area contributed by atoms with Gasteiger partial charge in [-0.25, -0.2) is 0 Å². The molecule has 2 aromatic rings. The van der Waals surface area contributed by atoms with Crippen LogP contribution in [0.15, 0.2) is 39.4 Å². The van der Waals surface area contributed by atoms with Crippen molar-refractivity contribution in [1.29, 1.82) is 0 Å². The van der Waals surface area contributed by atoms with Gasteiger partial charge in [0, 0.05) is 17.0 Å². The van der Waals surface area contributed by atoms with Gasteiger partial charge in [0.15, 0.2) is 0 Å². The maximum atomic E-state index is 12.7. The quantitative estimate of drug-likeness (QED) is 0.707. The van der Waals surface area contributed by atoms with Gasteiger partial charge in [-0.05, 0) is 69.1 Å². The largest absolute Gasteiger partial charge is 0.347 e. The molecule has 3 nitrogen and oxygen atoms in total. The van der Waals surface area contributed by atoms with Crippen LogP contribution >= 0.6 is 46.3 Å². The van der Waals surface area contributed by atoms with E-state index in [1.807, 2.05) is 24.3 Å². The molecule has 2 bridgehead atoms. The molecular formula is C19H20Cl2N2OS2. The summed E-state index contributed by atoms with van der Waals surface area (Å²) < 4.78 is 1.07. The molecule has 1 N–H and O–H groups in total. The van der Waals surface area contributed by atoms with Gasteiger partial charge in [-0.1, -0.05) is 35.0 Å². The van der Waals surface area contributed by atoms with Crippen LogP contribution in [-0.4, -0.2) is 36.0 Å². The summed E-state index contributed by atoms with van der Waals surface area (Å²) in [6, 6.07) is 10.2. The number of nitrogens with one attached hydrogen (secondary N) is 1. The number of carbonyl (C=O) groups is 1. The highest BCUT2D eigenvalue weighted by Gasteiger charge is 2.40. The highest BCUT2D eigenvalue weighted by atomic mass is 35.5. The summed E-state index contributed by atoms with van der Waals surface area (Å²) in [6.45, 7) is 4.57. The average molecular weight is 427 g/mol. The molecule has 1 aromatic heterocycles. The lowest BCUT2D eigenvalue weighted by Gasteiger charge is -2.49. The SMILES string of the molecule is CC1C(NC(=O)c2ccc(Sc3ccc(Cl)c(Cl)c3)s2)C2CCN1CC2. The van der Waals surface area contributed by atoms with Gasteiger partial charge in [-0.2, -0.15) is 0 Å². The standard InChI is InChI=1S/C19H20Cl2N2OS2/c1-11-18(12-6-8-23(11)9-7-12)22-19(24)16-4-5-17(26-16)25-13-2-3-14(20)15(21)10-13/h2-5,10-12,18H,6-9H2,1H3,(H,22,24). The summed E-state index contributed by atoms with van der Waals surface area (Å²) >= 11 is 15.2. The van der Waals surface area contributed by atoms with Crippen molar-refractivity contribution in [3.8, 4) is 0 Å². The maximum Gasteiger partial charge on any atom is 0.261 e. The van der Waals surface area contributed by atoms with Crippen LogP contribution in [0.25, 0.3) is 0 Å². The van der Waals surface area contributed by atoms with E-state index in [4.69, 9.17) is 23.2 Å². The summed E-state index contributed by atoms with van der Waals surface area (Å²) in [4.78, 5) is 17.0. The van der Waals surface area contributed by atoms with Gasteiger partial charge >= 0.3 is 0 Å². The molecule has 2 unspecified atom stereocenters. The first-order valence-corrected chi connectivity index (χ1v) is 11.2. The Morgan fingerprint density at radius 2 is 1.96 bits per heavy atom. The summed E-state index contributed by atoms with van der Waals surface area (Å²) in [5.41, 5.74) is 0. The molecule has 26 heavy (non-hydrogen) atoms. The molecule has 5 rings (SSSR count). The van der Waals surface area contributed by atoms with Gasteiger partial charge in [0.05, 0.1) is 19.1 Å². The summed E-state index contributed by atoms with van der Waals surface area (Å²) in [5.74, 6) is 0.658. The Morgan fingerprint density at radius 3 is 2.65 bits per heavy atom. The van der Waals surface area contributed by atoms with Crippen LogP contribution in [0.3, 0.4) is 0 Å². The van der Waals surface area contributed by atoms with Crippen LogP contribution in [0.4, 0.5) is 0 Å². The Kier molecular flexibility index (Phi) is 5.53. The molecule has 0 spiro atoms. The van der Waals surface area contributed by atoms with Crippen molar-refractivity contribution >= 4 is 52.2 Å². The number of fused-ring (bicyclic) bond motifs is 3. The Balaban J connectivity index is 1.42. The zero-order valence-corrected chi connectivity index (χ0v) is 17.5. The lowest BCUT2D eigenvalue weighted by atomic mass is 9.79. The monoisotopic (exact) mass is 426 g/mol. The first-order chi connectivity index (χ1) is 12.5. The number of hydrogen-bond acceptors (Lipinski definition) is 4. The van der Waals surface area contributed by atoms with E-state index < -0.39 is 0 Å². The van der Waals surface area contributed by atoms with E-state index in [1.165, 1.54) is 37.3 Å². The Hall–Kier alpha value is -0.720. The molecule has 3 aliphatic heterocycles. The second-order valence-electron chi connectivity index (χ2n) is 6.91. The molecule has 1 aromatic carbocycles. The van der Waals surface area contributed by atoms with E-state index >= 15 is 0 Å². The van der Waals surface area contributed by atoms with Crippen molar-refractivity contribution in [3.63, 3.8) is 0 Å². The van der Waals surface area contributed by atoms with E-state index in [-0.39, 0.29) is 11.9 Å². The molecule has 3 aliphatic rings. The van der Waals surface area contributed by atoms with Crippen LogP contribution in [0, 0.1) is 5.92 Å². The number of thiophene rings is 1. The average Bonchev–Trinajstić information content (AvgIpc) is 3.10. The minimum atomic E-state index is 0.0431. The zero-order valence-electron chi connectivity index (χ0n) is 14.4. The minimum Gasteiger partial charge on any atom is -0.347 e.